The molecule has 1 aliphatic heterocycles. The molecule has 1 saturated heterocycles. The number of aromatic nitrogens is 3. The highest BCUT2D eigenvalue weighted by Gasteiger charge is 2.32. The Morgan fingerprint density at radius 1 is 1.23 bits per heavy atom. The number of hydrogen-bond acceptors (Lipinski definition) is 6. The van der Waals surface area contributed by atoms with E-state index in [1.165, 1.54) is 11.3 Å². The molecule has 0 aliphatic carbocycles. The minimum Gasteiger partial charge on any atom is -0.492 e. The van der Waals surface area contributed by atoms with Gasteiger partial charge in [-0.05, 0) is 18.7 Å². The SMILES string of the molecule is CCc1nc2sc([C@H](c3ccccc3Cl)N3CCN(C)CC3)c(O)n2n1. The zero-order valence-corrected chi connectivity index (χ0v) is 16.5. The number of halogens is 1. The molecule has 138 valence electrons. The molecule has 4 rings (SSSR count). The quantitative estimate of drug-likeness (QED) is 0.740. The van der Waals surface area contributed by atoms with Crippen LogP contribution < -0.4 is 0 Å². The maximum Gasteiger partial charge on any atom is 0.230 e. The summed E-state index contributed by atoms with van der Waals surface area (Å²) >= 11 is 8.03. The largest absolute Gasteiger partial charge is 0.492 e. The highest BCUT2D eigenvalue weighted by molar-refractivity contribution is 7.17. The van der Waals surface area contributed by atoms with E-state index in [0.29, 0.717) is 5.02 Å². The molecule has 1 atom stereocenters. The first kappa shape index (κ1) is 17.7. The lowest BCUT2D eigenvalue weighted by Crippen LogP contribution is -2.46. The summed E-state index contributed by atoms with van der Waals surface area (Å²) in [7, 11) is 2.13. The Balaban J connectivity index is 1.81. The third kappa shape index (κ3) is 3.09. The molecule has 3 aromatic rings. The standard InChI is InChI=1S/C18H22ClN5OS/c1-3-14-20-18-24(21-14)17(25)16(26-18)15(12-6-4-5-7-13(12)19)23-10-8-22(2)9-11-23/h4-7,15,25H,3,8-11H2,1-2H3/t15-/m0/s1. The number of nitrogens with zero attached hydrogens (tertiary/aromatic N) is 5. The van der Waals surface area contributed by atoms with Crippen molar-refractivity contribution in [2.45, 2.75) is 19.4 Å². The third-order valence-corrected chi connectivity index (χ3v) is 6.33. The van der Waals surface area contributed by atoms with Crippen LogP contribution in [0.2, 0.25) is 5.02 Å². The smallest absolute Gasteiger partial charge is 0.230 e. The summed E-state index contributed by atoms with van der Waals surface area (Å²) in [4.78, 5) is 10.8. The van der Waals surface area contributed by atoms with Gasteiger partial charge < -0.3 is 10.0 Å². The van der Waals surface area contributed by atoms with E-state index in [2.05, 4.69) is 26.9 Å². The summed E-state index contributed by atoms with van der Waals surface area (Å²) in [5, 5.41) is 16.0. The van der Waals surface area contributed by atoms with E-state index >= 15 is 0 Å². The van der Waals surface area contributed by atoms with E-state index in [1.807, 2.05) is 31.2 Å². The topological polar surface area (TPSA) is 56.9 Å². The van der Waals surface area contributed by atoms with Crippen LogP contribution in [0.5, 0.6) is 5.88 Å². The van der Waals surface area contributed by atoms with Gasteiger partial charge in [0, 0.05) is 37.6 Å². The zero-order chi connectivity index (χ0) is 18.3. The molecule has 8 heteroatoms. The number of likely N-dealkylation sites (N-methyl/N-ethyl adjacent to an activating group) is 1. The fourth-order valence-corrected chi connectivity index (χ4v) is 4.77. The van der Waals surface area contributed by atoms with E-state index in [9.17, 15) is 5.11 Å². The number of rotatable bonds is 4. The van der Waals surface area contributed by atoms with Crippen molar-refractivity contribution in [2.24, 2.45) is 0 Å². The minimum atomic E-state index is -0.101. The molecule has 2 aromatic heterocycles. The summed E-state index contributed by atoms with van der Waals surface area (Å²) in [6, 6.07) is 7.77. The number of hydrogen-bond donors (Lipinski definition) is 1. The summed E-state index contributed by atoms with van der Waals surface area (Å²) in [6.07, 6.45) is 0.746. The van der Waals surface area contributed by atoms with Crippen molar-refractivity contribution in [3.05, 3.63) is 45.6 Å². The Morgan fingerprint density at radius 2 is 1.96 bits per heavy atom. The van der Waals surface area contributed by atoms with Crippen molar-refractivity contribution in [1.29, 1.82) is 0 Å². The molecule has 0 spiro atoms. The predicted molar refractivity (Wildman–Crippen MR) is 104 cm³/mol. The van der Waals surface area contributed by atoms with Gasteiger partial charge in [0.2, 0.25) is 10.8 Å². The van der Waals surface area contributed by atoms with Crippen molar-refractivity contribution >= 4 is 27.9 Å². The lowest BCUT2D eigenvalue weighted by molar-refractivity contribution is 0.127. The average molecular weight is 392 g/mol. The molecule has 1 N–H and O–H groups in total. The second-order valence-corrected chi connectivity index (χ2v) is 8.05. The Morgan fingerprint density at radius 3 is 2.62 bits per heavy atom. The van der Waals surface area contributed by atoms with Gasteiger partial charge in [-0.2, -0.15) is 4.52 Å². The van der Waals surface area contributed by atoms with Crippen LogP contribution in [0.15, 0.2) is 24.3 Å². The summed E-state index contributed by atoms with van der Waals surface area (Å²) in [5.74, 6) is 0.910. The molecule has 1 fully saturated rings. The number of thiazole rings is 1. The van der Waals surface area contributed by atoms with Crippen LogP contribution in [0.25, 0.3) is 4.96 Å². The summed E-state index contributed by atoms with van der Waals surface area (Å²) in [6.45, 7) is 5.82. The minimum absolute atomic E-state index is 0.101. The zero-order valence-electron chi connectivity index (χ0n) is 14.9. The highest BCUT2D eigenvalue weighted by atomic mass is 35.5. The molecule has 0 amide bonds. The van der Waals surface area contributed by atoms with Gasteiger partial charge in [0.25, 0.3) is 0 Å². The lowest BCUT2D eigenvalue weighted by atomic mass is 10.0. The second kappa shape index (κ2) is 7.15. The average Bonchev–Trinajstić information content (AvgIpc) is 3.18. The predicted octanol–water partition coefficient (Wildman–Crippen LogP) is 3.05. The highest BCUT2D eigenvalue weighted by Crippen LogP contribution is 2.42. The van der Waals surface area contributed by atoms with Gasteiger partial charge in [-0.25, -0.2) is 4.98 Å². The van der Waals surface area contributed by atoms with E-state index in [4.69, 9.17) is 11.6 Å². The van der Waals surface area contributed by atoms with Crippen LogP contribution in [0, 0.1) is 0 Å². The molecule has 26 heavy (non-hydrogen) atoms. The fraction of sp³-hybridized carbons (Fsp3) is 0.444. The molecule has 0 unspecified atom stereocenters. The Hall–Kier alpha value is -1.67. The summed E-state index contributed by atoms with van der Waals surface area (Å²) < 4.78 is 1.55. The van der Waals surface area contributed by atoms with Crippen LogP contribution in [-0.2, 0) is 6.42 Å². The van der Waals surface area contributed by atoms with Crippen LogP contribution in [0.4, 0.5) is 0 Å². The van der Waals surface area contributed by atoms with Gasteiger partial charge in [-0.1, -0.05) is 48.1 Å². The second-order valence-electron chi connectivity index (χ2n) is 6.63. The van der Waals surface area contributed by atoms with Crippen LogP contribution >= 0.6 is 22.9 Å². The van der Waals surface area contributed by atoms with Crippen molar-refractivity contribution in [3.63, 3.8) is 0 Å². The van der Waals surface area contributed by atoms with Gasteiger partial charge in [0.15, 0.2) is 5.82 Å². The number of piperazine rings is 1. The molecule has 3 heterocycles. The van der Waals surface area contributed by atoms with E-state index in [1.54, 1.807) is 4.52 Å². The summed E-state index contributed by atoms with van der Waals surface area (Å²) in [5.41, 5.74) is 1.01. The van der Waals surface area contributed by atoms with Gasteiger partial charge in [0.05, 0.1) is 10.9 Å². The van der Waals surface area contributed by atoms with Crippen molar-refractivity contribution in [2.75, 3.05) is 33.2 Å². The van der Waals surface area contributed by atoms with Crippen LogP contribution in [0.1, 0.15) is 29.2 Å². The first-order valence-electron chi connectivity index (χ1n) is 8.82. The first-order chi connectivity index (χ1) is 12.6. The molecular formula is C18H22ClN5OS. The maximum atomic E-state index is 10.9. The van der Waals surface area contributed by atoms with E-state index in [-0.39, 0.29) is 11.9 Å². The molecule has 1 aliphatic rings. The van der Waals surface area contributed by atoms with E-state index in [0.717, 1.165) is 53.8 Å². The van der Waals surface area contributed by atoms with Gasteiger partial charge in [0.1, 0.15) is 0 Å². The van der Waals surface area contributed by atoms with Gasteiger partial charge >= 0.3 is 0 Å². The number of aromatic hydroxyl groups is 1. The Labute approximate surface area is 161 Å². The first-order valence-corrected chi connectivity index (χ1v) is 10.0. The fourth-order valence-electron chi connectivity index (χ4n) is 3.40. The molecular weight excluding hydrogens is 370 g/mol. The van der Waals surface area contributed by atoms with E-state index < -0.39 is 0 Å². The third-order valence-electron chi connectivity index (χ3n) is 4.91. The number of aryl methyl sites for hydroxylation is 1. The normalized spacial score (nSPS) is 17.8. The van der Waals surface area contributed by atoms with Crippen LogP contribution in [-0.4, -0.2) is 62.7 Å². The molecule has 1 aromatic carbocycles. The van der Waals surface area contributed by atoms with Gasteiger partial charge in [-0.15, -0.1) is 5.10 Å². The van der Waals surface area contributed by atoms with Crippen molar-refractivity contribution < 1.29 is 5.11 Å². The monoisotopic (exact) mass is 391 g/mol. The van der Waals surface area contributed by atoms with Crippen LogP contribution in [0.3, 0.4) is 0 Å². The Bertz CT molecular complexity index is 916. The maximum absolute atomic E-state index is 10.9. The van der Waals surface area contributed by atoms with Crippen molar-refractivity contribution in [3.8, 4) is 5.88 Å². The van der Waals surface area contributed by atoms with Gasteiger partial charge in [-0.3, -0.25) is 4.90 Å². The number of benzene rings is 1. The molecule has 0 saturated carbocycles. The molecule has 0 radical (unpaired) electrons. The molecule has 6 nitrogen and oxygen atoms in total. The number of fused-ring (bicyclic) bond motifs is 1. The van der Waals surface area contributed by atoms with Crippen molar-refractivity contribution in [1.82, 2.24) is 24.4 Å². The lowest BCUT2D eigenvalue weighted by Gasteiger charge is -2.38. The Kier molecular flexibility index (Phi) is 4.88. The molecule has 0 bridgehead atoms.